The Hall–Kier alpha value is -1.88. The van der Waals surface area contributed by atoms with Crippen molar-refractivity contribution in [2.75, 3.05) is 12.8 Å². The lowest BCUT2D eigenvalue weighted by atomic mass is 10.1. The SMILES string of the molecule is COc1c(-c2cc(N)no2)ccc(Cl)c1O. The Balaban J connectivity index is 2.61. The first-order chi connectivity index (χ1) is 7.63. The smallest absolute Gasteiger partial charge is 0.177 e. The monoisotopic (exact) mass is 240 g/mol. The molecule has 2 rings (SSSR count). The number of hydrogen-bond donors (Lipinski definition) is 2. The van der Waals surface area contributed by atoms with Gasteiger partial charge in [-0.15, -0.1) is 0 Å². The van der Waals surface area contributed by atoms with Gasteiger partial charge in [0.25, 0.3) is 0 Å². The Morgan fingerprint density at radius 2 is 2.25 bits per heavy atom. The minimum Gasteiger partial charge on any atom is -0.503 e. The summed E-state index contributed by atoms with van der Waals surface area (Å²) in [4.78, 5) is 0. The lowest BCUT2D eigenvalue weighted by molar-refractivity contribution is 0.371. The molecule has 0 saturated heterocycles. The first-order valence-electron chi connectivity index (χ1n) is 4.41. The predicted octanol–water partition coefficient (Wildman–Crippen LogP) is 2.29. The van der Waals surface area contributed by atoms with Gasteiger partial charge in [0, 0.05) is 6.07 Å². The molecule has 0 aliphatic carbocycles. The molecule has 3 N–H and O–H groups in total. The van der Waals surface area contributed by atoms with Gasteiger partial charge in [-0.05, 0) is 12.1 Å². The van der Waals surface area contributed by atoms with E-state index in [4.69, 9.17) is 26.6 Å². The van der Waals surface area contributed by atoms with Crippen molar-refractivity contribution in [1.82, 2.24) is 5.16 Å². The molecule has 0 radical (unpaired) electrons. The van der Waals surface area contributed by atoms with Crippen LogP contribution in [0.15, 0.2) is 22.7 Å². The van der Waals surface area contributed by atoms with E-state index in [1.54, 1.807) is 6.07 Å². The van der Waals surface area contributed by atoms with Gasteiger partial charge in [-0.3, -0.25) is 0 Å². The zero-order valence-corrected chi connectivity index (χ0v) is 9.15. The number of aromatic nitrogens is 1. The molecule has 0 aliphatic heterocycles. The van der Waals surface area contributed by atoms with Crippen molar-refractivity contribution in [2.24, 2.45) is 0 Å². The van der Waals surface area contributed by atoms with E-state index in [0.717, 1.165) is 0 Å². The van der Waals surface area contributed by atoms with Crippen LogP contribution in [-0.4, -0.2) is 17.4 Å². The number of phenols is 1. The second kappa shape index (κ2) is 3.94. The third-order valence-electron chi connectivity index (χ3n) is 2.08. The maximum absolute atomic E-state index is 9.70. The van der Waals surface area contributed by atoms with E-state index in [1.165, 1.54) is 19.2 Å². The number of phenolic OH excluding ortho intramolecular Hbond substituents is 1. The van der Waals surface area contributed by atoms with Gasteiger partial charge < -0.3 is 20.1 Å². The predicted molar refractivity (Wildman–Crippen MR) is 59.6 cm³/mol. The highest BCUT2D eigenvalue weighted by Gasteiger charge is 2.16. The second-order valence-corrected chi connectivity index (χ2v) is 3.50. The summed E-state index contributed by atoms with van der Waals surface area (Å²) in [7, 11) is 1.43. The van der Waals surface area contributed by atoms with E-state index < -0.39 is 0 Å². The molecule has 2 aromatic rings. The molecule has 0 saturated carbocycles. The number of nitrogens with two attached hydrogens (primary N) is 1. The molecule has 5 nitrogen and oxygen atoms in total. The van der Waals surface area contributed by atoms with Crippen molar-refractivity contribution in [3.8, 4) is 22.8 Å². The minimum atomic E-state index is -0.142. The van der Waals surface area contributed by atoms with Crippen molar-refractivity contribution in [1.29, 1.82) is 0 Å². The molecule has 6 heteroatoms. The van der Waals surface area contributed by atoms with Crippen molar-refractivity contribution in [2.45, 2.75) is 0 Å². The van der Waals surface area contributed by atoms with Gasteiger partial charge in [0.15, 0.2) is 23.1 Å². The van der Waals surface area contributed by atoms with Crippen LogP contribution in [0.1, 0.15) is 0 Å². The van der Waals surface area contributed by atoms with Crippen LogP contribution in [0.3, 0.4) is 0 Å². The Morgan fingerprint density at radius 1 is 1.50 bits per heavy atom. The maximum atomic E-state index is 9.70. The van der Waals surface area contributed by atoms with E-state index in [9.17, 15) is 5.11 Å². The van der Waals surface area contributed by atoms with Gasteiger partial charge in [-0.1, -0.05) is 16.8 Å². The molecular formula is C10H9ClN2O3. The van der Waals surface area contributed by atoms with Crippen molar-refractivity contribution in [3.05, 3.63) is 23.2 Å². The number of benzene rings is 1. The van der Waals surface area contributed by atoms with Gasteiger partial charge >= 0.3 is 0 Å². The Kier molecular flexibility index (Phi) is 2.62. The van der Waals surface area contributed by atoms with E-state index in [1.807, 2.05) is 0 Å². The number of ether oxygens (including phenoxy) is 1. The Bertz CT molecular complexity index is 525. The van der Waals surface area contributed by atoms with E-state index in [2.05, 4.69) is 5.16 Å². The first-order valence-corrected chi connectivity index (χ1v) is 4.79. The number of nitrogens with zero attached hydrogens (tertiary/aromatic N) is 1. The van der Waals surface area contributed by atoms with Crippen molar-refractivity contribution >= 4 is 17.4 Å². The summed E-state index contributed by atoms with van der Waals surface area (Å²) in [6, 6.07) is 4.72. The maximum Gasteiger partial charge on any atom is 0.177 e. The normalized spacial score (nSPS) is 10.4. The van der Waals surface area contributed by atoms with E-state index >= 15 is 0 Å². The van der Waals surface area contributed by atoms with E-state index in [0.29, 0.717) is 11.3 Å². The van der Waals surface area contributed by atoms with Crippen molar-refractivity contribution in [3.63, 3.8) is 0 Å². The molecular weight excluding hydrogens is 232 g/mol. The summed E-state index contributed by atoms with van der Waals surface area (Å²) in [6.07, 6.45) is 0. The standard InChI is InChI=1S/C10H9ClN2O3/c1-15-10-5(2-3-6(11)9(10)14)7-4-8(12)13-16-7/h2-4,14H,1H3,(H2,12,13). The lowest BCUT2D eigenvalue weighted by Crippen LogP contribution is -1.88. The molecule has 0 amide bonds. The van der Waals surface area contributed by atoms with Gasteiger partial charge in [0.05, 0.1) is 17.7 Å². The van der Waals surface area contributed by atoms with Crippen LogP contribution >= 0.6 is 11.6 Å². The van der Waals surface area contributed by atoms with Crippen LogP contribution in [0, 0.1) is 0 Å². The van der Waals surface area contributed by atoms with Gasteiger partial charge in [-0.25, -0.2) is 0 Å². The number of nitrogen functional groups attached to an aromatic ring is 1. The zero-order chi connectivity index (χ0) is 11.7. The first kappa shape index (κ1) is 10.6. The van der Waals surface area contributed by atoms with Gasteiger partial charge in [0.1, 0.15) is 0 Å². The third kappa shape index (κ3) is 1.65. The average molecular weight is 241 g/mol. The average Bonchev–Trinajstić information content (AvgIpc) is 2.68. The number of halogens is 1. The number of rotatable bonds is 2. The molecule has 0 unspecified atom stereocenters. The summed E-state index contributed by atoms with van der Waals surface area (Å²) >= 11 is 5.76. The van der Waals surface area contributed by atoms with Crippen LogP contribution in [-0.2, 0) is 0 Å². The minimum absolute atomic E-state index is 0.142. The summed E-state index contributed by atoms with van der Waals surface area (Å²) < 4.78 is 10.0. The highest BCUT2D eigenvalue weighted by molar-refractivity contribution is 6.32. The Morgan fingerprint density at radius 3 is 2.81 bits per heavy atom. The van der Waals surface area contributed by atoms with Crippen molar-refractivity contribution < 1.29 is 14.4 Å². The topological polar surface area (TPSA) is 81.5 Å². The number of methoxy groups -OCH3 is 1. The van der Waals surface area contributed by atoms with Gasteiger partial charge in [-0.2, -0.15) is 0 Å². The summed E-state index contributed by atoms with van der Waals surface area (Å²) in [6.45, 7) is 0. The third-order valence-corrected chi connectivity index (χ3v) is 2.39. The molecule has 1 heterocycles. The molecule has 84 valence electrons. The number of hydrogen-bond acceptors (Lipinski definition) is 5. The quantitative estimate of drug-likeness (QED) is 0.842. The summed E-state index contributed by atoms with van der Waals surface area (Å²) in [5.41, 5.74) is 5.98. The number of anilines is 1. The highest BCUT2D eigenvalue weighted by atomic mass is 35.5. The van der Waals surface area contributed by atoms with Crippen LogP contribution in [0.4, 0.5) is 5.82 Å². The zero-order valence-electron chi connectivity index (χ0n) is 8.40. The number of aromatic hydroxyl groups is 1. The summed E-state index contributed by atoms with van der Waals surface area (Å²) in [5, 5.41) is 13.5. The van der Waals surface area contributed by atoms with Crippen LogP contribution in [0.5, 0.6) is 11.5 Å². The molecule has 16 heavy (non-hydrogen) atoms. The van der Waals surface area contributed by atoms with E-state index in [-0.39, 0.29) is 22.3 Å². The van der Waals surface area contributed by atoms with Crippen LogP contribution in [0.25, 0.3) is 11.3 Å². The fourth-order valence-corrected chi connectivity index (χ4v) is 1.51. The molecule has 0 spiro atoms. The molecule has 0 fully saturated rings. The Labute approximate surface area is 96.4 Å². The largest absolute Gasteiger partial charge is 0.503 e. The molecule has 0 atom stereocenters. The molecule has 0 aliphatic rings. The van der Waals surface area contributed by atoms with Crippen LogP contribution in [0.2, 0.25) is 5.02 Å². The highest BCUT2D eigenvalue weighted by Crippen LogP contribution is 2.42. The molecule has 1 aromatic carbocycles. The second-order valence-electron chi connectivity index (χ2n) is 3.09. The fraction of sp³-hybridized carbons (Fsp3) is 0.100. The van der Waals surface area contributed by atoms with Crippen LogP contribution < -0.4 is 10.5 Å². The summed E-state index contributed by atoms with van der Waals surface area (Å²) in [5.74, 6) is 0.744. The fourth-order valence-electron chi connectivity index (χ4n) is 1.36. The molecule has 1 aromatic heterocycles. The molecule has 0 bridgehead atoms. The lowest BCUT2D eigenvalue weighted by Gasteiger charge is -2.08. The van der Waals surface area contributed by atoms with Gasteiger partial charge in [0.2, 0.25) is 0 Å².